The van der Waals surface area contributed by atoms with Crippen LogP contribution < -0.4 is 10.1 Å². The fourth-order valence-electron chi connectivity index (χ4n) is 4.56. The summed E-state index contributed by atoms with van der Waals surface area (Å²) in [5.41, 5.74) is 5.46. The van der Waals surface area contributed by atoms with Crippen LogP contribution in [0.3, 0.4) is 0 Å². The van der Waals surface area contributed by atoms with E-state index in [2.05, 4.69) is 85.0 Å². The van der Waals surface area contributed by atoms with E-state index in [0.717, 1.165) is 12.3 Å². The van der Waals surface area contributed by atoms with Crippen molar-refractivity contribution in [1.29, 1.82) is 0 Å². The topological polar surface area (TPSA) is 21.3 Å². The number of rotatable bonds is 9. The summed E-state index contributed by atoms with van der Waals surface area (Å²) in [5.74, 6) is 1.64. The molecule has 2 heteroatoms. The normalized spacial score (nSPS) is 18.6. The van der Waals surface area contributed by atoms with Gasteiger partial charge in [0.15, 0.2) is 0 Å². The first kappa shape index (κ1) is 21.6. The molecule has 1 fully saturated rings. The zero-order chi connectivity index (χ0) is 21.3. The van der Waals surface area contributed by atoms with Crippen molar-refractivity contribution in [3.63, 3.8) is 0 Å². The van der Waals surface area contributed by atoms with Crippen molar-refractivity contribution >= 4 is 0 Å². The third kappa shape index (κ3) is 6.70. The molecule has 1 N–H and O–H groups in total. The van der Waals surface area contributed by atoms with Crippen molar-refractivity contribution in [1.82, 2.24) is 5.32 Å². The van der Waals surface area contributed by atoms with E-state index in [1.54, 1.807) is 0 Å². The van der Waals surface area contributed by atoms with E-state index in [1.807, 2.05) is 6.07 Å². The first-order valence-electron chi connectivity index (χ1n) is 11.8. The molecule has 0 amide bonds. The van der Waals surface area contributed by atoms with Crippen molar-refractivity contribution in [2.45, 2.75) is 64.0 Å². The quantitative estimate of drug-likeness (QED) is 0.389. The summed E-state index contributed by atoms with van der Waals surface area (Å²) < 4.78 is 5.93. The van der Waals surface area contributed by atoms with Crippen LogP contribution in [0.5, 0.6) is 5.75 Å². The summed E-state index contributed by atoms with van der Waals surface area (Å²) in [4.78, 5) is 0. The van der Waals surface area contributed by atoms with Gasteiger partial charge in [0.2, 0.25) is 0 Å². The highest BCUT2D eigenvalue weighted by molar-refractivity contribution is 5.30. The second kappa shape index (κ2) is 11.2. The fourth-order valence-corrected chi connectivity index (χ4v) is 4.56. The molecule has 1 saturated carbocycles. The maximum atomic E-state index is 5.93. The Balaban J connectivity index is 1.15. The van der Waals surface area contributed by atoms with Gasteiger partial charge in [-0.1, -0.05) is 72.3 Å². The van der Waals surface area contributed by atoms with Crippen LogP contribution in [0.25, 0.3) is 0 Å². The van der Waals surface area contributed by atoms with Crippen molar-refractivity contribution in [3.8, 4) is 5.75 Å². The molecule has 0 heterocycles. The average molecular weight is 414 g/mol. The van der Waals surface area contributed by atoms with Crippen molar-refractivity contribution in [3.05, 3.63) is 101 Å². The number of hydrogen-bond donors (Lipinski definition) is 1. The highest BCUT2D eigenvalue weighted by Crippen LogP contribution is 2.33. The van der Waals surface area contributed by atoms with Crippen LogP contribution in [0.15, 0.2) is 78.9 Å². The largest absolute Gasteiger partial charge is 0.489 e. The number of benzene rings is 3. The van der Waals surface area contributed by atoms with Gasteiger partial charge in [-0.05, 0) is 86.7 Å². The van der Waals surface area contributed by atoms with E-state index < -0.39 is 0 Å². The van der Waals surface area contributed by atoms with Crippen LogP contribution in [0.4, 0.5) is 0 Å². The smallest absolute Gasteiger partial charge is 0.119 e. The Morgan fingerprint density at radius 3 is 2.19 bits per heavy atom. The Labute approximate surface area is 187 Å². The van der Waals surface area contributed by atoms with E-state index in [-0.39, 0.29) is 0 Å². The predicted molar refractivity (Wildman–Crippen MR) is 130 cm³/mol. The van der Waals surface area contributed by atoms with Crippen LogP contribution >= 0.6 is 0 Å². The lowest BCUT2D eigenvalue weighted by molar-refractivity contribution is 0.305. The molecule has 0 saturated heterocycles. The average Bonchev–Trinajstić information content (AvgIpc) is 2.83. The zero-order valence-corrected chi connectivity index (χ0v) is 18.7. The first-order chi connectivity index (χ1) is 15.3. The monoisotopic (exact) mass is 413 g/mol. The summed E-state index contributed by atoms with van der Waals surface area (Å²) in [6, 6.07) is 28.8. The Hall–Kier alpha value is -2.58. The highest BCUT2D eigenvalue weighted by atomic mass is 16.5. The van der Waals surface area contributed by atoms with Crippen LogP contribution in [-0.4, -0.2) is 12.6 Å². The second-order valence-corrected chi connectivity index (χ2v) is 8.94. The molecule has 0 spiro atoms. The second-order valence-electron chi connectivity index (χ2n) is 8.94. The summed E-state index contributed by atoms with van der Waals surface area (Å²) in [6.45, 7) is 3.90. The van der Waals surface area contributed by atoms with Crippen LogP contribution in [0.2, 0.25) is 0 Å². The minimum Gasteiger partial charge on any atom is -0.489 e. The lowest BCUT2D eigenvalue weighted by Gasteiger charge is -2.29. The minimum atomic E-state index is 0.626. The van der Waals surface area contributed by atoms with Gasteiger partial charge in [-0.25, -0.2) is 0 Å². The predicted octanol–water partition coefficient (Wildman–Crippen LogP) is 6.82. The molecule has 0 bridgehead atoms. The molecule has 4 rings (SSSR count). The molecule has 1 aliphatic carbocycles. The molecular formula is C29H35NO. The van der Waals surface area contributed by atoms with E-state index in [9.17, 15) is 0 Å². The van der Waals surface area contributed by atoms with Gasteiger partial charge < -0.3 is 10.1 Å². The van der Waals surface area contributed by atoms with Crippen molar-refractivity contribution in [2.24, 2.45) is 0 Å². The molecule has 0 atom stereocenters. The molecule has 0 radical (unpaired) electrons. The molecule has 3 aromatic carbocycles. The van der Waals surface area contributed by atoms with Gasteiger partial charge >= 0.3 is 0 Å². The maximum absolute atomic E-state index is 5.93. The Morgan fingerprint density at radius 1 is 0.774 bits per heavy atom. The fraction of sp³-hybridized carbons (Fsp3) is 0.379. The SMILES string of the molecule is Cc1ccc(CCCN[C@H]2CC[C@@H](c3ccc(OCc4ccccc4)cc3)CC2)cc1. The van der Waals surface area contributed by atoms with Gasteiger partial charge in [0.25, 0.3) is 0 Å². The van der Waals surface area contributed by atoms with Crippen LogP contribution in [-0.2, 0) is 13.0 Å². The molecule has 3 aromatic rings. The van der Waals surface area contributed by atoms with Crippen molar-refractivity contribution in [2.75, 3.05) is 6.54 Å². The first-order valence-corrected chi connectivity index (χ1v) is 11.8. The van der Waals surface area contributed by atoms with Gasteiger partial charge in [0, 0.05) is 6.04 Å². The van der Waals surface area contributed by atoms with E-state index in [4.69, 9.17) is 4.74 Å². The Bertz CT molecular complexity index is 894. The van der Waals surface area contributed by atoms with E-state index in [1.165, 1.54) is 60.8 Å². The number of ether oxygens (including phenoxy) is 1. The molecule has 0 unspecified atom stereocenters. The third-order valence-electron chi connectivity index (χ3n) is 6.52. The molecule has 2 nitrogen and oxygen atoms in total. The Morgan fingerprint density at radius 2 is 1.48 bits per heavy atom. The van der Waals surface area contributed by atoms with Gasteiger partial charge in [0.1, 0.15) is 12.4 Å². The van der Waals surface area contributed by atoms with Gasteiger partial charge in [-0.15, -0.1) is 0 Å². The molecule has 162 valence electrons. The van der Waals surface area contributed by atoms with Gasteiger partial charge in [-0.3, -0.25) is 0 Å². The highest BCUT2D eigenvalue weighted by Gasteiger charge is 2.21. The van der Waals surface area contributed by atoms with Crippen molar-refractivity contribution < 1.29 is 4.74 Å². The summed E-state index contributed by atoms with van der Waals surface area (Å²) >= 11 is 0. The Kier molecular flexibility index (Phi) is 7.79. The summed E-state index contributed by atoms with van der Waals surface area (Å²) in [7, 11) is 0. The number of hydrogen-bond acceptors (Lipinski definition) is 2. The third-order valence-corrected chi connectivity index (χ3v) is 6.52. The number of aryl methyl sites for hydroxylation is 2. The maximum Gasteiger partial charge on any atom is 0.119 e. The summed E-state index contributed by atoms with van der Waals surface area (Å²) in [5, 5.41) is 3.80. The number of nitrogens with one attached hydrogen (secondary N) is 1. The summed E-state index contributed by atoms with van der Waals surface area (Å²) in [6.07, 6.45) is 7.50. The molecule has 31 heavy (non-hydrogen) atoms. The van der Waals surface area contributed by atoms with E-state index >= 15 is 0 Å². The van der Waals surface area contributed by atoms with Crippen LogP contribution in [0.1, 0.15) is 60.3 Å². The molecular weight excluding hydrogens is 378 g/mol. The molecule has 1 aliphatic rings. The standard InChI is InChI=1S/C29H35NO/c1-23-9-11-24(12-10-23)8-5-21-30-28-17-13-26(14-18-28)27-15-19-29(20-16-27)31-22-25-6-3-2-4-7-25/h2-4,6-7,9-12,15-16,19-20,26,28,30H,5,8,13-14,17-18,21-22H2,1H3/t26-,28+. The zero-order valence-electron chi connectivity index (χ0n) is 18.7. The van der Waals surface area contributed by atoms with Gasteiger partial charge in [-0.2, -0.15) is 0 Å². The lowest BCUT2D eigenvalue weighted by atomic mass is 9.81. The molecule has 0 aromatic heterocycles. The van der Waals surface area contributed by atoms with E-state index in [0.29, 0.717) is 18.6 Å². The van der Waals surface area contributed by atoms with Crippen LogP contribution in [0, 0.1) is 6.92 Å². The minimum absolute atomic E-state index is 0.626. The lowest BCUT2D eigenvalue weighted by Crippen LogP contribution is -2.33. The van der Waals surface area contributed by atoms with Gasteiger partial charge in [0.05, 0.1) is 0 Å². The molecule has 0 aliphatic heterocycles.